The maximum absolute atomic E-state index is 11.9. The molecule has 0 bridgehead atoms. The SMILES string of the molecule is CCOC(=O)Nc1cnc(N2CCN(C)CC2)cc1-c1ccccc1C. The maximum atomic E-state index is 11.9. The van der Waals surface area contributed by atoms with Crippen LogP contribution in [0.4, 0.5) is 16.3 Å². The number of pyridine rings is 1. The van der Waals surface area contributed by atoms with Crippen molar-refractivity contribution < 1.29 is 9.53 Å². The smallest absolute Gasteiger partial charge is 0.411 e. The van der Waals surface area contributed by atoms with Crippen molar-refractivity contribution in [3.05, 3.63) is 42.1 Å². The number of rotatable bonds is 4. The molecule has 0 saturated carbocycles. The van der Waals surface area contributed by atoms with Gasteiger partial charge in [0.25, 0.3) is 0 Å². The topological polar surface area (TPSA) is 57.7 Å². The molecule has 6 nitrogen and oxygen atoms in total. The predicted molar refractivity (Wildman–Crippen MR) is 105 cm³/mol. The Morgan fingerprint density at radius 1 is 1.19 bits per heavy atom. The fourth-order valence-corrected chi connectivity index (χ4v) is 3.13. The first-order chi connectivity index (χ1) is 12.6. The van der Waals surface area contributed by atoms with Crippen LogP contribution >= 0.6 is 0 Å². The number of hydrogen-bond acceptors (Lipinski definition) is 5. The molecule has 3 rings (SSSR count). The standard InChI is InChI=1S/C20H26N4O2/c1-4-26-20(25)22-18-14-21-19(24-11-9-23(3)10-12-24)13-17(18)16-8-6-5-7-15(16)2/h5-8,13-14H,4,9-12H2,1-3H3,(H,22,25). The number of anilines is 2. The van der Waals surface area contributed by atoms with Crippen LogP contribution in [0.5, 0.6) is 0 Å². The lowest BCUT2D eigenvalue weighted by Crippen LogP contribution is -2.44. The number of amides is 1. The second-order valence-electron chi connectivity index (χ2n) is 6.54. The molecule has 6 heteroatoms. The van der Waals surface area contributed by atoms with Crippen molar-refractivity contribution >= 4 is 17.6 Å². The van der Waals surface area contributed by atoms with Crippen LogP contribution in [0.25, 0.3) is 11.1 Å². The summed E-state index contributed by atoms with van der Waals surface area (Å²) in [7, 11) is 2.13. The van der Waals surface area contributed by atoms with Crippen LogP contribution in [-0.4, -0.2) is 55.8 Å². The summed E-state index contributed by atoms with van der Waals surface area (Å²) in [6.45, 7) is 8.12. The molecule has 1 fully saturated rings. The zero-order chi connectivity index (χ0) is 18.5. The van der Waals surface area contributed by atoms with Gasteiger partial charge in [-0.15, -0.1) is 0 Å². The molecular formula is C20H26N4O2. The Hall–Kier alpha value is -2.60. The van der Waals surface area contributed by atoms with Crippen LogP contribution in [-0.2, 0) is 4.74 Å². The fraction of sp³-hybridized carbons (Fsp3) is 0.400. The van der Waals surface area contributed by atoms with Crippen LogP contribution < -0.4 is 10.2 Å². The van der Waals surface area contributed by atoms with Gasteiger partial charge in [-0.2, -0.15) is 0 Å². The highest BCUT2D eigenvalue weighted by Gasteiger charge is 2.18. The van der Waals surface area contributed by atoms with Gasteiger partial charge in [0.2, 0.25) is 0 Å². The number of likely N-dealkylation sites (N-methyl/N-ethyl adjacent to an activating group) is 1. The van der Waals surface area contributed by atoms with E-state index in [-0.39, 0.29) is 0 Å². The molecule has 26 heavy (non-hydrogen) atoms. The summed E-state index contributed by atoms with van der Waals surface area (Å²) in [6, 6.07) is 10.2. The number of benzene rings is 1. The van der Waals surface area contributed by atoms with Crippen molar-refractivity contribution in [3.63, 3.8) is 0 Å². The van der Waals surface area contributed by atoms with Gasteiger partial charge in [-0.1, -0.05) is 24.3 Å². The molecule has 1 saturated heterocycles. The second-order valence-corrected chi connectivity index (χ2v) is 6.54. The average Bonchev–Trinajstić information content (AvgIpc) is 2.63. The summed E-state index contributed by atoms with van der Waals surface area (Å²) in [5.41, 5.74) is 3.85. The van der Waals surface area contributed by atoms with Crippen molar-refractivity contribution in [3.8, 4) is 11.1 Å². The third-order valence-electron chi connectivity index (χ3n) is 4.66. The highest BCUT2D eigenvalue weighted by Crippen LogP contribution is 2.33. The van der Waals surface area contributed by atoms with Crippen LogP contribution in [0.15, 0.2) is 36.5 Å². The Labute approximate surface area is 154 Å². The summed E-state index contributed by atoms with van der Waals surface area (Å²) in [5, 5.41) is 2.82. The van der Waals surface area contributed by atoms with E-state index in [1.54, 1.807) is 13.1 Å². The Kier molecular flexibility index (Phi) is 5.73. The van der Waals surface area contributed by atoms with Gasteiger partial charge in [0.05, 0.1) is 18.5 Å². The molecule has 0 spiro atoms. The minimum absolute atomic E-state index is 0.332. The largest absolute Gasteiger partial charge is 0.450 e. The number of carbonyl (C=O) groups is 1. The molecule has 2 aromatic rings. The summed E-state index contributed by atoms with van der Waals surface area (Å²) >= 11 is 0. The van der Waals surface area contributed by atoms with E-state index < -0.39 is 6.09 Å². The molecular weight excluding hydrogens is 328 g/mol. The molecule has 1 aromatic heterocycles. The molecule has 2 heterocycles. The lowest BCUT2D eigenvalue weighted by atomic mass is 10.00. The van der Waals surface area contributed by atoms with E-state index in [0.717, 1.165) is 48.7 Å². The van der Waals surface area contributed by atoms with Crippen molar-refractivity contribution in [2.24, 2.45) is 0 Å². The van der Waals surface area contributed by atoms with Crippen molar-refractivity contribution in [1.29, 1.82) is 0 Å². The van der Waals surface area contributed by atoms with Gasteiger partial charge in [0.1, 0.15) is 5.82 Å². The van der Waals surface area contributed by atoms with Gasteiger partial charge in [-0.05, 0) is 38.1 Å². The van der Waals surface area contributed by atoms with Gasteiger partial charge >= 0.3 is 6.09 Å². The van der Waals surface area contributed by atoms with E-state index >= 15 is 0 Å². The van der Waals surface area contributed by atoms with Crippen LogP contribution in [0.1, 0.15) is 12.5 Å². The third-order valence-corrected chi connectivity index (χ3v) is 4.66. The Bertz CT molecular complexity index is 770. The summed E-state index contributed by atoms with van der Waals surface area (Å²) < 4.78 is 5.03. The molecule has 1 amide bonds. The van der Waals surface area contributed by atoms with Gasteiger partial charge in [-0.3, -0.25) is 5.32 Å². The highest BCUT2D eigenvalue weighted by atomic mass is 16.5. The minimum Gasteiger partial charge on any atom is -0.450 e. The summed E-state index contributed by atoms with van der Waals surface area (Å²) in [5.74, 6) is 0.936. The number of carbonyl (C=O) groups excluding carboxylic acids is 1. The van der Waals surface area contributed by atoms with E-state index in [1.807, 2.05) is 12.1 Å². The number of aryl methyl sites for hydroxylation is 1. The van der Waals surface area contributed by atoms with E-state index in [0.29, 0.717) is 12.3 Å². The molecule has 1 aromatic carbocycles. The first-order valence-corrected chi connectivity index (χ1v) is 9.01. The number of nitrogens with zero attached hydrogens (tertiary/aromatic N) is 3. The normalized spacial score (nSPS) is 15.0. The monoisotopic (exact) mass is 354 g/mol. The van der Waals surface area contributed by atoms with Gasteiger partial charge in [0, 0.05) is 31.7 Å². The molecule has 0 atom stereocenters. The van der Waals surface area contributed by atoms with E-state index in [1.165, 1.54) is 0 Å². The van der Waals surface area contributed by atoms with Crippen molar-refractivity contribution in [2.75, 3.05) is 50.1 Å². The van der Waals surface area contributed by atoms with Crippen LogP contribution in [0, 0.1) is 6.92 Å². The second kappa shape index (κ2) is 8.19. The molecule has 1 aliphatic heterocycles. The molecule has 0 radical (unpaired) electrons. The average molecular weight is 354 g/mol. The number of hydrogen-bond donors (Lipinski definition) is 1. The Morgan fingerprint density at radius 3 is 2.62 bits per heavy atom. The predicted octanol–water partition coefficient (Wildman–Crippen LogP) is 3.38. The molecule has 1 N–H and O–H groups in total. The van der Waals surface area contributed by atoms with Gasteiger partial charge in [0.15, 0.2) is 0 Å². The third kappa shape index (κ3) is 4.14. The summed E-state index contributed by atoms with van der Waals surface area (Å²) in [4.78, 5) is 21.1. The lowest BCUT2D eigenvalue weighted by Gasteiger charge is -2.33. The fourth-order valence-electron chi connectivity index (χ4n) is 3.13. The zero-order valence-electron chi connectivity index (χ0n) is 15.7. The highest BCUT2D eigenvalue weighted by molar-refractivity contribution is 5.92. The van der Waals surface area contributed by atoms with Crippen LogP contribution in [0.3, 0.4) is 0 Å². The van der Waals surface area contributed by atoms with E-state index in [2.05, 4.69) is 52.3 Å². The van der Waals surface area contributed by atoms with E-state index in [4.69, 9.17) is 4.74 Å². The number of aromatic nitrogens is 1. The number of nitrogens with one attached hydrogen (secondary N) is 1. The zero-order valence-corrected chi connectivity index (χ0v) is 15.7. The van der Waals surface area contributed by atoms with E-state index in [9.17, 15) is 4.79 Å². The molecule has 1 aliphatic rings. The number of ether oxygens (including phenoxy) is 1. The van der Waals surface area contributed by atoms with Crippen LogP contribution in [0.2, 0.25) is 0 Å². The maximum Gasteiger partial charge on any atom is 0.411 e. The lowest BCUT2D eigenvalue weighted by molar-refractivity contribution is 0.168. The molecule has 0 unspecified atom stereocenters. The minimum atomic E-state index is -0.462. The van der Waals surface area contributed by atoms with Gasteiger partial charge < -0.3 is 14.5 Å². The van der Waals surface area contributed by atoms with Crippen molar-refractivity contribution in [1.82, 2.24) is 9.88 Å². The molecule has 138 valence electrons. The molecule has 0 aliphatic carbocycles. The quantitative estimate of drug-likeness (QED) is 0.912. The first-order valence-electron chi connectivity index (χ1n) is 9.01. The van der Waals surface area contributed by atoms with Crippen molar-refractivity contribution in [2.45, 2.75) is 13.8 Å². The number of piperazine rings is 1. The Morgan fingerprint density at radius 2 is 1.92 bits per heavy atom. The first kappa shape index (κ1) is 18.2. The van der Waals surface area contributed by atoms with Gasteiger partial charge in [-0.25, -0.2) is 9.78 Å². The Balaban J connectivity index is 1.97. The summed E-state index contributed by atoms with van der Waals surface area (Å²) in [6.07, 6.45) is 1.27.